The normalized spacial score (nSPS) is 22.4. The maximum absolute atomic E-state index is 11.8. The van der Waals surface area contributed by atoms with Crippen LogP contribution in [0.25, 0.3) is 0 Å². The molecule has 0 aliphatic carbocycles. The minimum atomic E-state index is -0.200. The number of hydrogen-bond donors (Lipinski definition) is 0. The van der Waals surface area contributed by atoms with Crippen molar-refractivity contribution in [1.29, 1.82) is 0 Å². The molecule has 19 heavy (non-hydrogen) atoms. The fourth-order valence-corrected chi connectivity index (χ4v) is 3.05. The molecular formula is C15H20BrNO2. The molecule has 1 saturated heterocycles. The highest BCUT2D eigenvalue weighted by Gasteiger charge is 2.32. The smallest absolute Gasteiger partial charge is 0.161 e. The molecule has 1 fully saturated rings. The standard InChI is InChI=1S/C15H20BrNO2/c1-10-8-17(9-15(3,4)19-10)14-7-12(16)5-6-13(14)11(2)18/h5-7,10H,8-9H2,1-4H3. The SMILES string of the molecule is CC(=O)c1ccc(Br)cc1N1CC(C)OC(C)(C)C1. The second kappa shape index (κ2) is 5.25. The highest BCUT2D eigenvalue weighted by Crippen LogP contribution is 2.31. The molecule has 0 aromatic heterocycles. The number of hydrogen-bond acceptors (Lipinski definition) is 3. The van der Waals surface area contributed by atoms with E-state index in [4.69, 9.17) is 4.74 Å². The van der Waals surface area contributed by atoms with E-state index in [1.165, 1.54) is 0 Å². The fourth-order valence-electron chi connectivity index (χ4n) is 2.70. The lowest BCUT2D eigenvalue weighted by atomic mass is 10.0. The third-order valence-corrected chi connectivity index (χ3v) is 3.74. The van der Waals surface area contributed by atoms with Gasteiger partial charge in [-0.15, -0.1) is 0 Å². The molecule has 1 atom stereocenters. The van der Waals surface area contributed by atoms with E-state index < -0.39 is 0 Å². The van der Waals surface area contributed by atoms with Gasteiger partial charge < -0.3 is 9.64 Å². The number of Topliss-reactive ketones (excluding diaryl/α,β-unsaturated/α-hetero) is 1. The summed E-state index contributed by atoms with van der Waals surface area (Å²) in [5, 5.41) is 0. The van der Waals surface area contributed by atoms with Gasteiger partial charge in [-0.25, -0.2) is 0 Å². The molecule has 4 heteroatoms. The first-order valence-electron chi connectivity index (χ1n) is 6.52. The van der Waals surface area contributed by atoms with Gasteiger partial charge in [0.1, 0.15) is 0 Å². The minimum absolute atomic E-state index is 0.0967. The fraction of sp³-hybridized carbons (Fsp3) is 0.533. The van der Waals surface area contributed by atoms with E-state index >= 15 is 0 Å². The average molecular weight is 326 g/mol. The summed E-state index contributed by atoms with van der Waals surface area (Å²) in [6.07, 6.45) is 0.155. The Balaban J connectivity index is 2.40. The molecule has 0 bridgehead atoms. The van der Waals surface area contributed by atoms with E-state index in [2.05, 4.69) is 41.6 Å². The van der Waals surface area contributed by atoms with Crippen LogP contribution in [0.2, 0.25) is 0 Å². The predicted octanol–water partition coefficient (Wildman–Crippen LogP) is 3.66. The number of benzene rings is 1. The van der Waals surface area contributed by atoms with Gasteiger partial charge in [-0.3, -0.25) is 4.79 Å². The Morgan fingerprint density at radius 3 is 2.74 bits per heavy atom. The van der Waals surface area contributed by atoms with Crippen LogP contribution < -0.4 is 4.90 Å². The first-order chi connectivity index (χ1) is 8.78. The maximum atomic E-state index is 11.8. The van der Waals surface area contributed by atoms with Crippen LogP contribution in [-0.2, 0) is 4.74 Å². The van der Waals surface area contributed by atoms with Gasteiger partial charge in [0.15, 0.2) is 5.78 Å². The Kier molecular flexibility index (Phi) is 4.02. The zero-order valence-electron chi connectivity index (χ0n) is 11.9. The quantitative estimate of drug-likeness (QED) is 0.777. The molecule has 0 saturated carbocycles. The van der Waals surface area contributed by atoms with Gasteiger partial charge in [-0.2, -0.15) is 0 Å². The van der Waals surface area contributed by atoms with Crippen molar-refractivity contribution in [2.24, 2.45) is 0 Å². The van der Waals surface area contributed by atoms with Crippen LogP contribution in [0, 0.1) is 0 Å². The molecule has 1 heterocycles. The molecular weight excluding hydrogens is 306 g/mol. The van der Waals surface area contributed by atoms with Gasteiger partial charge in [-0.05, 0) is 45.9 Å². The zero-order chi connectivity index (χ0) is 14.2. The van der Waals surface area contributed by atoms with E-state index in [-0.39, 0.29) is 17.5 Å². The van der Waals surface area contributed by atoms with Crippen LogP contribution in [0.4, 0.5) is 5.69 Å². The lowest BCUT2D eigenvalue weighted by Gasteiger charge is -2.43. The summed E-state index contributed by atoms with van der Waals surface area (Å²) in [6.45, 7) is 9.44. The Morgan fingerprint density at radius 2 is 2.16 bits per heavy atom. The number of morpholine rings is 1. The third kappa shape index (κ3) is 3.37. The maximum Gasteiger partial charge on any atom is 0.161 e. The van der Waals surface area contributed by atoms with Gasteiger partial charge in [-0.1, -0.05) is 15.9 Å². The summed E-state index contributed by atoms with van der Waals surface area (Å²) in [5.41, 5.74) is 1.56. The number of halogens is 1. The van der Waals surface area contributed by atoms with Crippen molar-refractivity contribution < 1.29 is 9.53 Å². The predicted molar refractivity (Wildman–Crippen MR) is 81.0 cm³/mol. The average Bonchev–Trinajstić information content (AvgIpc) is 2.25. The molecule has 0 radical (unpaired) electrons. The molecule has 0 N–H and O–H groups in total. The summed E-state index contributed by atoms with van der Waals surface area (Å²) in [4.78, 5) is 14.0. The Bertz CT molecular complexity index is 499. The highest BCUT2D eigenvalue weighted by atomic mass is 79.9. The molecule has 1 unspecified atom stereocenters. The Morgan fingerprint density at radius 1 is 1.47 bits per heavy atom. The Labute approximate surface area is 123 Å². The van der Waals surface area contributed by atoms with Crippen molar-refractivity contribution in [2.45, 2.75) is 39.4 Å². The number of ether oxygens (including phenoxy) is 1. The molecule has 0 amide bonds. The molecule has 3 nitrogen and oxygen atoms in total. The monoisotopic (exact) mass is 325 g/mol. The summed E-state index contributed by atoms with van der Waals surface area (Å²) < 4.78 is 6.91. The van der Waals surface area contributed by atoms with E-state index in [9.17, 15) is 4.79 Å². The molecule has 0 spiro atoms. The van der Waals surface area contributed by atoms with Gasteiger partial charge in [0.2, 0.25) is 0 Å². The number of carbonyl (C=O) groups is 1. The topological polar surface area (TPSA) is 29.5 Å². The van der Waals surface area contributed by atoms with Crippen LogP contribution in [-0.4, -0.2) is 30.6 Å². The van der Waals surface area contributed by atoms with Crippen LogP contribution in [0.1, 0.15) is 38.1 Å². The number of nitrogens with zero attached hydrogens (tertiary/aromatic N) is 1. The van der Waals surface area contributed by atoms with Crippen molar-refractivity contribution in [3.05, 3.63) is 28.2 Å². The minimum Gasteiger partial charge on any atom is -0.369 e. The number of ketones is 1. The first kappa shape index (κ1) is 14.5. The molecule has 104 valence electrons. The molecule has 1 aliphatic rings. The lowest BCUT2D eigenvalue weighted by molar-refractivity contribution is -0.0750. The molecule has 1 aliphatic heterocycles. The second-order valence-electron chi connectivity index (χ2n) is 5.79. The lowest BCUT2D eigenvalue weighted by Crippen LogP contribution is -2.52. The van der Waals surface area contributed by atoms with E-state index in [1.54, 1.807) is 6.92 Å². The first-order valence-corrected chi connectivity index (χ1v) is 7.31. The van der Waals surface area contributed by atoms with Gasteiger partial charge in [0, 0.05) is 28.8 Å². The van der Waals surface area contributed by atoms with Crippen molar-refractivity contribution in [3.8, 4) is 0 Å². The number of anilines is 1. The van der Waals surface area contributed by atoms with Crippen molar-refractivity contribution in [2.75, 3.05) is 18.0 Å². The number of carbonyl (C=O) groups excluding carboxylic acids is 1. The third-order valence-electron chi connectivity index (χ3n) is 3.25. The van der Waals surface area contributed by atoms with Crippen LogP contribution in [0.3, 0.4) is 0 Å². The van der Waals surface area contributed by atoms with E-state index in [0.29, 0.717) is 0 Å². The second-order valence-corrected chi connectivity index (χ2v) is 6.70. The summed E-state index contributed by atoms with van der Waals surface area (Å²) in [6, 6.07) is 5.81. The van der Waals surface area contributed by atoms with Gasteiger partial charge in [0.05, 0.1) is 11.7 Å². The van der Waals surface area contributed by atoms with Gasteiger partial charge >= 0.3 is 0 Å². The van der Waals surface area contributed by atoms with Crippen LogP contribution in [0.5, 0.6) is 0 Å². The largest absolute Gasteiger partial charge is 0.369 e. The van der Waals surface area contributed by atoms with Crippen LogP contribution in [0.15, 0.2) is 22.7 Å². The molecule has 1 aromatic carbocycles. The van der Waals surface area contributed by atoms with Gasteiger partial charge in [0.25, 0.3) is 0 Å². The van der Waals surface area contributed by atoms with Crippen molar-refractivity contribution >= 4 is 27.4 Å². The number of rotatable bonds is 2. The highest BCUT2D eigenvalue weighted by molar-refractivity contribution is 9.10. The van der Waals surface area contributed by atoms with Crippen molar-refractivity contribution in [1.82, 2.24) is 0 Å². The van der Waals surface area contributed by atoms with E-state index in [0.717, 1.165) is 28.8 Å². The molecule has 2 rings (SSSR count). The van der Waals surface area contributed by atoms with Crippen LogP contribution >= 0.6 is 15.9 Å². The van der Waals surface area contributed by atoms with E-state index in [1.807, 2.05) is 18.2 Å². The molecule has 1 aromatic rings. The Hall–Kier alpha value is -0.870. The van der Waals surface area contributed by atoms with Crippen molar-refractivity contribution in [3.63, 3.8) is 0 Å². The summed E-state index contributed by atoms with van der Waals surface area (Å²) >= 11 is 3.49. The summed E-state index contributed by atoms with van der Waals surface area (Å²) in [5.74, 6) is 0.0967. The summed E-state index contributed by atoms with van der Waals surface area (Å²) in [7, 11) is 0. The zero-order valence-corrected chi connectivity index (χ0v) is 13.5.